The van der Waals surface area contributed by atoms with Crippen LogP contribution in [0.4, 0.5) is 0 Å². The Kier molecular flexibility index (Phi) is 5.84. The first-order valence-corrected chi connectivity index (χ1v) is 7.71. The Hall–Kier alpha value is -0.220. The molecule has 0 aromatic heterocycles. The van der Waals surface area contributed by atoms with Crippen molar-refractivity contribution in [2.24, 2.45) is 0 Å². The van der Waals surface area contributed by atoms with E-state index in [1.54, 1.807) is 19.9 Å². The molecular formula is C8H16O6P2. The van der Waals surface area contributed by atoms with Crippen molar-refractivity contribution in [2.75, 3.05) is 6.16 Å². The van der Waals surface area contributed by atoms with E-state index in [0.29, 0.717) is 12.0 Å². The summed E-state index contributed by atoms with van der Waals surface area (Å²) in [5, 5.41) is 0. The molecule has 0 saturated heterocycles. The number of hydrogen-bond acceptors (Lipinski definition) is 3. The van der Waals surface area contributed by atoms with E-state index in [1.807, 2.05) is 0 Å². The van der Waals surface area contributed by atoms with E-state index in [2.05, 4.69) is 10.9 Å². The van der Waals surface area contributed by atoms with E-state index in [9.17, 15) is 14.0 Å². The highest BCUT2D eigenvalue weighted by molar-refractivity contribution is 7.63. The van der Waals surface area contributed by atoms with Gasteiger partial charge in [0, 0.05) is 0 Å². The van der Waals surface area contributed by atoms with Crippen LogP contribution in [0.5, 0.6) is 0 Å². The normalized spacial score (nSPS) is 17.6. The van der Waals surface area contributed by atoms with Crippen molar-refractivity contribution in [1.29, 1.82) is 0 Å². The summed E-state index contributed by atoms with van der Waals surface area (Å²) in [7, 11) is -9.25. The lowest BCUT2D eigenvalue weighted by molar-refractivity contribution is 0.264. The Labute approximate surface area is 94.4 Å². The van der Waals surface area contributed by atoms with Crippen LogP contribution >= 0.6 is 15.4 Å². The molecule has 0 aliphatic heterocycles. The van der Waals surface area contributed by atoms with Crippen LogP contribution < -0.4 is 0 Å². The summed E-state index contributed by atoms with van der Waals surface area (Å²) >= 11 is 0. The Morgan fingerprint density at radius 2 is 1.75 bits per heavy atom. The fourth-order valence-corrected chi connectivity index (χ4v) is 3.45. The van der Waals surface area contributed by atoms with Gasteiger partial charge >= 0.3 is 15.4 Å². The lowest BCUT2D eigenvalue weighted by Gasteiger charge is -2.14. The van der Waals surface area contributed by atoms with Crippen LogP contribution in [0.3, 0.4) is 0 Å². The molecule has 0 saturated carbocycles. The molecule has 0 aliphatic carbocycles. The van der Waals surface area contributed by atoms with Crippen LogP contribution in [0.25, 0.3) is 0 Å². The maximum atomic E-state index is 11.3. The van der Waals surface area contributed by atoms with Crippen LogP contribution in [0.1, 0.15) is 20.3 Å². The van der Waals surface area contributed by atoms with Gasteiger partial charge in [-0.1, -0.05) is 17.2 Å². The first-order chi connectivity index (χ1) is 7.07. The molecule has 6 nitrogen and oxygen atoms in total. The maximum absolute atomic E-state index is 11.3. The molecule has 0 rings (SSSR count). The van der Waals surface area contributed by atoms with Crippen molar-refractivity contribution in [2.45, 2.75) is 20.3 Å². The van der Waals surface area contributed by atoms with Crippen molar-refractivity contribution in [1.82, 2.24) is 0 Å². The minimum Gasteiger partial charge on any atom is -0.324 e. The predicted molar refractivity (Wildman–Crippen MR) is 61.0 cm³/mol. The zero-order chi connectivity index (χ0) is 13.0. The van der Waals surface area contributed by atoms with Gasteiger partial charge in [-0.15, -0.1) is 6.58 Å². The summed E-state index contributed by atoms with van der Waals surface area (Å²) in [6.45, 7) is 6.86. The average Bonchev–Trinajstić information content (AvgIpc) is 1.98. The van der Waals surface area contributed by atoms with E-state index in [1.165, 1.54) is 0 Å². The van der Waals surface area contributed by atoms with Gasteiger partial charge in [-0.3, -0.25) is 4.57 Å². The van der Waals surface area contributed by atoms with Crippen LogP contribution in [0, 0.1) is 0 Å². The predicted octanol–water partition coefficient (Wildman–Crippen LogP) is 2.19. The summed E-state index contributed by atoms with van der Waals surface area (Å²) in [6.07, 6.45) is 1.77. The number of hydrogen-bond donors (Lipinski definition) is 3. The highest BCUT2D eigenvalue weighted by atomic mass is 31.3. The van der Waals surface area contributed by atoms with Gasteiger partial charge in [0.2, 0.25) is 0 Å². The SMILES string of the molecule is C=CC/C(C)=C(\C)CP(=O)(O)OP(=O)(O)O. The topological polar surface area (TPSA) is 104 Å². The molecule has 0 heterocycles. The summed E-state index contributed by atoms with van der Waals surface area (Å²) in [5.74, 6) is 0. The van der Waals surface area contributed by atoms with Crippen molar-refractivity contribution in [3.8, 4) is 0 Å². The highest BCUT2D eigenvalue weighted by Crippen LogP contribution is 2.57. The molecule has 0 bridgehead atoms. The van der Waals surface area contributed by atoms with Crippen molar-refractivity contribution >= 4 is 15.4 Å². The van der Waals surface area contributed by atoms with E-state index in [4.69, 9.17) is 9.79 Å². The van der Waals surface area contributed by atoms with Gasteiger partial charge in [0.15, 0.2) is 0 Å². The number of allylic oxidation sites excluding steroid dienone is 3. The lowest BCUT2D eigenvalue weighted by Crippen LogP contribution is -1.97. The Morgan fingerprint density at radius 3 is 2.12 bits per heavy atom. The molecule has 16 heavy (non-hydrogen) atoms. The molecule has 1 atom stereocenters. The largest absolute Gasteiger partial charge is 0.476 e. The zero-order valence-electron chi connectivity index (χ0n) is 9.16. The Balaban J connectivity index is 4.72. The number of rotatable bonds is 6. The molecule has 0 aromatic rings. The fourth-order valence-electron chi connectivity index (χ4n) is 1.02. The van der Waals surface area contributed by atoms with Crippen molar-refractivity contribution in [3.05, 3.63) is 23.8 Å². The maximum Gasteiger partial charge on any atom is 0.476 e. The second-order valence-corrected chi connectivity index (χ2v) is 6.65. The van der Waals surface area contributed by atoms with E-state index in [-0.39, 0.29) is 0 Å². The zero-order valence-corrected chi connectivity index (χ0v) is 10.9. The quantitative estimate of drug-likeness (QED) is 0.505. The Bertz CT molecular complexity index is 380. The van der Waals surface area contributed by atoms with Crippen LogP contribution in [-0.2, 0) is 13.4 Å². The van der Waals surface area contributed by atoms with Crippen molar-refractivity contribution < 1.29 is 28.1 Å². The third-order valence-corrected chi connectivity index (χ3v) is 4.60. The molecule has 0 aliphatic rings. The molecular weight excluding hydrogens is 254 g/mol. The van der Waals surface area contributed by atoms with Gasteiger partial charge in [-0.05, 0) is 20.3 Å². The molecule has 0 spiro atoms. The van der Waals surface area contributed by atoms with Gasteiger partial charge in [-0.2, -0.15) is 0 Å². The van der Waals surface area contributed by atoms with Crippen LogP contribution in [0.2, 0.25) is 0 Å². The monoisotopic (exact) mass is 270 g/mol. The molecule has 0 fully saturated rings. The summed E-state index contributed by atoms with van der Waals surface area (Å²) in [4.78, 5) is 26.1. The Morgan fingerprint density at radius 1 is 1.25 bits per heavy atom. The second-order valence-electron chi connectivity index (χ2n) is 3.42. The van der Waals surface area contributed by atoms with Crippen LogP contribution in [-0.4, -0.2) is 20.8 Å². The molecule has 0 radical (unpaired) electrons. The lowest BCUT2D eigenvalue weighted by atomic mass is 10.1. The summed E-state index contributed by atoms with van der Waals surface area (Å²) < 4.78 is 25.6. The van der Waals surface area contributed by atoms with E-state index < -0.39 is 21.6 Å². The standard InChI is InChI=1S/C8H16O6P2/c1-4-5-7(2)8(3)6-15(9,10)14-16(11,12)13/h4H,1,5-6H2,2-3H3,(H,9,10)(H2,11,12,13)/b8-7+. The molecule has 0 amide bonds. The molecule has 94 valence electrons. The first-order valence-electron chi connectivity index (χ1n) is 4.42. The molecule has 0 aromatic carbocycles. The summed E-state index contributed by atoms with van der Waals surface area (Å²) in [5.41, 5.74) is 1.37. The summed E-state index contributed by atoms with van der Waals surface area (Å²) in [6, 6.07) is 0. The third-order valence-electron chi connectivity index (χ3n) is 1.85. The van der Waals surface area contributed by atoms with Gasteiger partial charge in [0.05, 0.1) is 6.16 Å². The van der Waals surface area contributed by atoms with Gasteiger partial charge in [-0.25, -0.2) is 8.88 Å². The molecule has 1 unspecified atom stereocenters. The first kappa shape index (κ1) is 15.8. The van der Waals surface area contributed by atoms with Crippen LogP contribution in [0.15, 0.2) is 23.8 Å². The van der Waals surface area contributed by atoms with E-state index >= 15 is 0 Å². The number of phosphoric acid groups is 1. The van der Waals surface area contributed by atoms with Crippen molar-refractivity contribution in [3.63, 3.8) is 0 Å². The third kappa shape index (κ3) is 7.12. The fraction of sp³-hybridized carbons (Fsp3) is 0.500. The van der Waals surface area contributed by atoms with Gasteiger partial charge < -0.3 is 14.7 Å². The van der Waals surface area contributed by atoms with Gasteiger partial charge in [0.1, 0.15) is 0 Å². The minimum absolute atomic E-state index is 0.405. The minimum atomic E-state index is -4.94. The molecule has 8 heteroatoms. The van der Waals surface area contributed by atoms with E-state index in [0.717, 1.165) is 5.57 Å². The smallest absolute Gasteiger partial charge is 0.324 e. The average molecular weight is 270 g/mol. The second kappa shape index (κ2) is 5.92. The highest BCUT2D eigenvalue weighted by Gasteiger charge is 2.30. The van der Waals surface area contributed by atoms with Gasteiger partial charge in [0.25, 0.3) is 0 Å². The molecule has 3 N–H and O–H groups in total.